The summed E-state index contributed by atoms with van der Waals surface area (Å²) in [6.07, 6.45) is 0.0230. The number of aromatic nitrogens is 1. The van der Waals surface area contributed by atoms with Crippen LogP contribution in [0.15, 0.2) is 51.8 Å². The summed E-state index contributed by atoms with van der Waals surface area (Å²) in [5.41, 5.74) is 0.703. The van der Waals surface area contributed by atoms with Crippen LogP contribution < -0.4 is 9.46 Å². The van der Waals surface area contributed by atoms with Crippen LogP contribution in [0.4, 0.5) is 4.39 Å². The molecule has 32 heavy (non-hydrogen) atoms. The van der Waals surface area contributed by atoms with Crippen molar-refractivity contribution in [2.45, 2.75) is 25.2 Å². The van der Waals surface area contributed by atoms with Gasteiger partial charge in [0.1, 0.15) is 11.5 Å². The lowest BCUT2D eigenvalue weighted by Gasteiger charge is -2.12. The quantitative estimate of drug-likeness (QED) is 0.521. The van der Waals surface area contributed by atoms with Gasteiger partial charge in [0.15, 0.2) is 0 Å². The first kappa shape index (κ1) is 22.9. The monoisotopic (exact) mass is 462 g/mol. The Kier molecular flexibility index (Phi) is 6.58. The number of sulfonamides is 1. The number of ether oxygens (including phenoxy) is 1. The molecule has 0 saturated carbocycles. The second kappa shape index (κ2) is 9.18. The number of benzene rings is 2. The molecule has 0 atom stereocenters. The summed E-state index contributed by atoms with van der Waals surface area (Å²) in [7, 11) is -4.19. The largest absolute Gasteiger partial charge is 0.474 e. The summed E-state index contributed by atoms with van der Waals surface area (Å²) >= 11 is 0. The van der Waals surface area contributed by atoms with Gasteiger partial charge in [-0.05, 0) is 24.6 Å². The molecule has 1 amide bonds. The molecular formula is C21H19FN2O7S. The molecule has 9 nitrogen and oxygen atoms in total. The molecule has 0 radical (unpaired) electrons. The van der Waals surface area contributed by atoms with E-state index < -0.39 is 33.6 Å². The Bertz CT molecular complexity index is 1290. The Balaban J connectivity index is 1.98. The van der Waals surface area contributed by atoms with E-state index in [9.17, 15) is 22.4 Å². The maximum Gasteiger partial charge on any atom is 0.392 e. The Morgan fingerprint density at radius 3 is 2.53 bits per heavy atom. The van der Waals surface area contributed by atoms with Gasteiger partial charge in [-0.2, -0.15) is 0 Å². The molecule has 0 aliphatic carbocycles. The SMILES string of the molecule is CCOc1oc(C(=O)O)nc1Cc1ccc(-c2ccccc2S(=O)(=O)NC(C)=O)c(F)c1. The summed E-state index contributed by atoms with van der Waals surface area (Å²) in [6, 6.07) is 9.83. The molecule has 0 unspecified atom stereocenters. The molecule has 2 aromatic carbocycles. The first-order valence-electron chi connectivity index (χ1n) is 9.39. The lowest BCUT2D eigenvalue weighted by atomic mass is 10.0. The van der Waals surface area contributed by atoms with Gasteiger partial charge >= 0.3 is 17.8 Å². The van der Waals surface area contributed by atoms with Crippen LogP contribution >= 0.6 is 0 Å². The zero-order valence-corrected chi connectivity index (χ0v) is 17.9. The van der Waals surface area contributed by atoms with E-state index in [0.29, 0.717) is 5.56 Å². The highest BCUT2D eigenvalue weighted by Gasteiger charge is 2.23. The summed E-state index contributed by atoms with van der Waals surface area (Å²) in [4.78, 5) is 26.0. The number of oxazole rings is 1. The van der Waals surface area contributed by atoms with Crippen LogP contribution in [0, 0.1) is 5.82 Å². The lowest BCUT2D eigenvalue weighted by Crippen LogP contribution is -2.28. The molecule has 0 aliphatic heterocycles. The van der Waals surface area contributed by atoms with Crippen LogP contribution in [0.5, 0.6) is 5.95 Å². The van der Waals surface area contributed by atoms with Crippen molar-refractivity contribution in [3.05, 3.63) is 65.4 Å². The fourth-order valence-corrected chi connectivity index (χ4v) is 4.25. The predicted molar refractivity (Wildman–Crippen MR) is 110 cm³/mol. The molecule has 0 aliphatic rings. The molecule has 3 aromatic rings. The van der Waals surface area contributed by atoms with Gasteiger partial charge in [0, 0.05) is 24.5 Å². The Hall–Kier alpha value is -3.73. The number of aromatic carboxylic acids is 1. The topological polar surface area (TPSA) is 136 Å². The van der Waals surface area contributed by atoms with Crippen molar-refractivity contribution < 1.29 is 36.7 Å². The predicted octanol–water partition coefficient (Wildman–Crippen LogP) is 2.99. The van der Waals surface area contributed by atoms with Crippen molar-refractivity contribution >= 4 is 21.9 Å². The molecular weight excluding hydrogens is 443 g/mol. The van der Waals surface area contributed by atoms with Crippen LogP contribution in [-0.4, -0.2) is 37.0 Å². The normalized spacial score (nSPS) is 11.2. The third-order valence-corrected chi connectivity index (χ3v) is 5.76. The molecule has 1 aromatic heterocycles. The third-order valence-electron chi connectivity index (χ3n) is 4.27. The number of carbonyl (C=O) groups is 2. The number of carboxylic acid groups (broad SMARTS) is 1. The Morgan fingerprint density at radius 2 is 1.91 bits per heavy atom. The average molecular weight is 462 g/mol. The minimum Gasteiger partial charge on any atom is -0.474 e. The van der Waals surface area contributed by atoms with Crippen LogP contribution in [0.25, 0.3) is 11.1 Å². The molecule has 0 saturated heterocycles. The van der Waals surface area contributed by atoms with E-state index in [4.69, 9.17) is 14.3 Å². The Labute approximate surface area is 182 Å². The number of carboxylic acids is 1. The van der Waals surface area contributed by atoms with Crippen LogP contribution in [-0.2, 0) is 21.2 Å². The van der Waals surface area contributed by atoms with Gasteiger partial charge in [0.2, 0.25) is 5.91 Å². The molecule has 2 N–H and O–H groups in total. The fraction of sp³-hybridized carbons (Fsp3) is 0.190. The van der Waals surface area contributed by atoms with E-state index in [0.717, 1.165) is 6.92 Å². The summed E-state index contributed by atoms with van der Waals surface area (Å²) < 4.78 is 52.2. The van der Waals surface area contributed by atoms with E-state index >= 15 is 0 Å². The van der Waals surface area contributed by atoms with Gasteiger partial charge in [-0.3, -0.25) is 4.79 Å². The maximum atomic E-state index is 15.0. The van der Waals surface area contributed by atoms with E-state index in [1.54, 1.807) is 19.1 Å². The van der Waals surface area contributed by atoms with Crippen LogP contribution in [0.2, 0.25) is 0 Å². The zero-order valence-electron chi connectivity index (χ0n) is 17.1. The number of amides is 1. The first-order valence-corrected chi connectivity index (χ1v) is 10.9. The number of hydrogen-bond donors (Lipinski definition) is 2. The second-order valence-corrected chi connectivity index (χ2v) is 8.29. The van der Waals surface area contributed by atoms with E-state index in [2.05, 4.69) is 4.98 Å². The highest BCUT2D eigenvalue weighted by molar-refractivity contribution is 7.90. The van der Waals surface area contributed by atoms with Gasteiger partial charge in [-0.25, -0.2) is 27.3 Å². The molecule has 0 bridgehead atoms. The molecule has 0 fully saturated rings. The van der Waals surface area contributed by atoms with Crippen molar-refractivity contribution in [1.82, 2.24) is 9.71 Å². The molecule has 11 heteroatoms. The number of halogens is 1. The first-order chi connectivity index (χ1) is 15.1. The van der Waals surface area contributed by atoms with Gasteiger partial charge < -0.3 is 14.3 Å². The smallest absolute Gasteiger partial charge is 0.392 e. The van der Waals surface area contributed by atoms with Crippen molar-refractivity contribution in [2.75, 3.05) is 6.61 Å². The summed E-state index contributed by atoms with van der Waals surface area (Å²) in [5, 5.41) is 9.06. The standard InChI is InChI=1S/C21H19FN2O7S/c1-3-30-21-17(23-19(31-21)20(26)27)11-13-8-9-14(16(22)10-13)15-6-4-5-7-18(15)32(28,29)24-12(2)25/h4-10H,3,11H2,1-2H3,(H,24,25)(H,26,27). The maximum absolute atomic E-state index is 15.0. The van der Waals surface area contributed by atoms with Crippen LogP contribution in [0.1, 0.15) is 35.8 Å². The van der Waals surface area contributed by atoms with Crippen molar-refractivity contribution in [3.63, 3.8) is 0 Å². The summed E-state index contributed by atoms with van der Waals surface area (Å²) in [6.45, 7) is 2.97. The number of hydrogen-bond acceptors (Lipinski definition) is 7. The number of carbonyl (C=O) groups excluding carboxylic acids is 1. The van der Waals surface area contributed by atoms with Gasteiger partial charge in [0.25, 0.3) is 10.0 Å². The number of nitrogens with one attached hydrogen (secondary N) is 1. The lowest BCUT2D eigenvalue weighted by molar-refractivity contribution is -0.117. The van der Waals surface area contributed by atoms with Crippen molar-refractivity contribution in [1.29, 1.82) is 0 Å². The van der Waals surface area contributed by atoms with Crippen LogP contribution in [0.3, 0.4) is 0 Å². The molecule has 1 heterocycles. The van der Waals surface area contributed by atoms with Crippen molar-refractivity contribution in [2.24, 2.45) is 0 Å². The highest BCUT2D eigenvalue weighted by Crippen LogP contribution is 2.31. The minimum atomic E-state index is -4.19. The van der Waals surface area contributed by atoms with Gasteiger partial charge in [0.05, 0.1) is 11.5 Å². The number of nitrogens with zero attached hydrogens (tertiary/aromatic N) is 1. The fourth-order valence-electron chi connectivity index (χ4n) is 3.03. The third kappa shape index (κ3) is 4.94. The zero-order chi connectivity index (χ0) is 23.5. The van der Waals surface area contributed by atoms with Gasteiger partial charge in [-0.1, -0.05) is 30.3 Å². The highest BCUT2D eigenvalue weighted by atomic mass is 32.2. The van der Waals surface area contributed by atoms with Gasteiger partial charge in [-0.15, -0.1) is 0 Å². The van der Waals surface area contributed by atoms with Crippen molar-refractivity contribution in [3.8, 4) is 17.1 Å². The van der Waals surface area contributed by atoms with E-state index in [1.165, 1.54) is 30.3 Å². The molecule has 3 rings (SSSR count). The second-order valence-electron chi connectivity index (χ2n) is 6.64. The average Bonchev–Trinajstić information content (AvgIpc) is 3.10. The van der Waals surface area contributed by atoms with E-state index in [1.807, 2.05) is 4.72 Å². The molecule has 0 spiro atoms. The Morgan fingerprint density at radius 1 is 1.19 bits per heavy atom. The minimum absolute atomic E-state index is 0.00897. The number of rotatable bonds is 8. The van der Waals surface area contributed by atoms with E-state index in [-0.39, 0.29) is 40.7 Å². The molecule has 168 valence electrons. The summed E-state index contributed by atoms with van der Waals surface area (Å²) in [5.74, 6) is -3.46.